The molecule has 0 bridgehead atoms. The second-order valence-electron chi connectivity index (χ2n) is 4.63. The fourth-order valence-corrected chi connectivity index (χ4v) is 2.42. The van der Waals surface area contributed by atoms with E-state index in [0.29, 0.717) is 22.9 Å². The molecule has 0 heterocycles. The van der Waals surface area contributed by atoms with Gasteiger partial charge in [0.25, 0.3) is 0 Å². The van der Waals surface area contributed by atoms with Crippen molar-refractivity contribution in [3.8, 4) is 5.75 Å². The number of aliphatic hydroxyl groups excluding tert-OH is 1. The first-order valence-corrected chi connectivity index (χ1v) is 7.23. The van der Waals surface area contributed by atoms with Crippen LogP contribution < -0.4 is 4.74 Å². The van der Waals surface area contributed by atoms with Gasteiger partial charge in [0, 0.05) is 6.61 Å². The first kappa shape index (κ1) is 15.8. The van der Waals surface area contributed by atoms with Crippen LogP contribution >= 0.6 is 11.6 Å². The lowest BCUT2D eigenvalue weighted by Crippen LogP contribution is -2.14. The van der Waals surface area contributed by atoms with E-state index in [4.69, 9.17) is 21.1 Å². The lowest BCUT2D eigenvalue weighted by atomic mass is 9.98. The van der Waals surface area contributed by atoms with Gasteiger partial charge in [-0.3, -0.25) is 0 Å². The predicted octanol–water partition coefficient (Wildman–Crippen LogP) is 4.16. The highest BCUT2D eigenvalue weighted by atomic mass is 35.5. The van der Waals surface area contributed by atoms with Gasteiger partial charge in [-0.05, 0) is 30.2 Å². The minimum absolute atomic E-state index is 0.429. The molecule has 0 aliphatic carbocycles. The van der Waals surface area contributed by atoms with Gasteiger partial charge in [-0.1, -0.05) is 48.0 Å². The van der Waals surface area contributed by atoms with Gasteiger partial charge in [0.1, 0.15) is 18.0 Å². The molecule has 2 rings (SSSR count). The fourth-order valence-electron chi connectivity index (χ4n) is 2.23. The molecule has 0 saturated heterocycles. The van der Waals surface area contributed by atoms with E-state index in [2.05, 4.69) is 0 Å². The molecule has 2 aromatic carbocycles. The number of ether oxygens (including phenoxy) is 2. The molecule has 0 fully saturated rings. The summed E-state index contributed by atoms with van der Waals surface area (Å²) in [4.78, 5) is 0. The van der Waals surface area contributed by atoms with Crippen LogP contribution in [0.4, 0.5) is 0 Å². The molecule has 4 heteroatoms. The lowest BCUT2D eigenvalue weighted by Gasteiger charge is -2.24. The number of rotatable bonds is 6. The number of hydrogen-bond donors (Lipinski definition) is 1. The zero-order valence-corrected chi connectivity index (χ0v) is 12.9. The van der Waals surface area contributed by atoms with Crippen molar-refractivity contribution in [3.63, 3.8) is 0 Å². The second kappa shape index (κ2) is 7.46. The standard InChI is InChI=1S/C17H19ClO3/c1-3-21-17(12-7-5-4-6-8-12)16(19)13-9-10-14(18)15(11-13)20-2/h4-11,16-17,19H,3H2,1-2H3. The van der Waals surface area contributed by atoms with Crippen LogP contribution in [0.2, 0.25) is 5.02 Å². The third-order valence-corrected chi connectivity index (χ3v) is 3.59. The first-order chi connectivity index (χ1) is 10.2. The average Bonchev–Trinajstić information content (AvgIpc) is 2.53. The average molecular weight is 307 g/mol. The summed E-state index contributed by atoms with van der Waals surface area (Å²) in [5.41, 5.74) is 1.64. The summed E-state index contributed by atoms with van der Waals surface area (Å²) in [6.45, 7) is 2.42. The van der Waals surface area contributed by atoms with Crippen molar-refractivity contribution in [1.29, 1.82) is 0 Å². The Morgan fingerprint density at radius 3 is 2.43 bits per heavy atom. The number of halogens is 1. The molecule has 1 N–H and O–H groups in total. The Morgan fingerprint density at radius 1 is 1.10 bits per heavy atom. The molecular formula is C17H19ClO3. The maximum Gasteiger partial charge on any atom is 0.137 e. The van der Waals surface area contributed by atoms with Gasteiger partial charge in [-0.25, -0.2) is 0 Å². The van der Waals surface area contributed by atoms with E-state index in [0.717, 1.165) is 5.56 Å². The van der Waals surface area contributed by atoms with Gasteiger partial charge in [0.05, 0.1) is 12.1 Å². The second-order valence-corrected chi connectivity index (χ2v) is 5.03. The van der Waals surface area contributed by atoms with Crippen molar-refractivity contribution in [3.05, 3.63) is 64.7 Å². The van der Waals surface area contributed by atoms with Gasteiger partial charge < -0.3 is 14.6 Å². The van der Waals surface area contributed by atoms with Crippen LogP contribution in [0.5, 0.6) is 5.75 Å². The number of benzene rings is 2. The minimum atomic E-state index is -0.793. The topological polar surface area (TPSA) is 38.7 Å². The van der Waals surface area contributed by atoms with Crippen LogP contribution in [-0.2, 0) is 4.74 Å². The molecule has 0 aliphatic rings. The highest BCUT2D eigenvalue weighted by Gasteiger charge is 2.23. The largest absolute Gasteiger partial charge is 0.495 e. The molecule has 21 heavy (non-hydrogen) atoms. The maximum absolute atomic E-state index is 10.7. The summed E-state index contributed by atoms with van der Waals surface area (Å²) in [6, 6.07) is 14.9. The Hall–Kier alpha value is -1.55. The smallest absolute Gasteiger partial charge is 0.137 e. The molecule has 0 saturated carbocycles. The summed E-state index contributed by atoms with van der Waals surface area (Å²) in [7, 11) is 1.55. The van der Waals surface area contributed by atoms with E-state index >= 15 is 0 Å². The van der Waals surface area contributed by atoms with E-state index in [9.17, 15) is 5.11 Å². The van der Waals surface area contributed by atoms with Crippen molar-refractivity contribution in [2.45, 2.75) is 19.1 Å². The van der Waals surface area contributed by atoms with Crippen molar-refractivity contribution in [2.75, 3.05) is 13.7 Å². The third kappa shape index (κ3) is 3.76. The van der Waals surface area contributed by atoms with Gasteiger partial charge in [0.15, 0.2) is 0 Å². The normalized spacial score (nSPS) is 13.7. The molecule has 112 valence electrons. The van der Waals surface area contributed by atoms with Crippen molar-refractivity contribution in [2.24, 2.45) is 0 Å². The molecular weight excluding hydrogens is 288 g/mol. The zero-order valence-electron chi connectivity index (χ0n) is 12.1. The quantitative estimate of drug-likeness (QED) is 0.871. The van der Waals surface area contributed by atoms with Crippen molar-refractivity contribution in [1.82, 2.24) is 0 Å². The molecule has 2 atom stereocenters. The minimum Gasteiger partial charge on any atom is -0.495 e. The molecule has 2 unspecified atom stereocenters. The van der Waals surface area contributed by atoms with Crippen LogP contribution in [0, 0.1) is 0 Å². The molecule has 0 spiro atoms. The Bertz CT molecular complexity index is 572. The third-order valence-electron chi connectivity index (χ3n) is 3.28. The summed E-state index contributed by atoms with van der Waals surface area (Å²) in [5, 5.41) is 11.2. The van der Waals surface area contributed by atoms with Crippen LogP contribution in [0.1, 0.15) is 30.3 Å². The summed E-state index contributed by atoms with van der Waals surface area (Å²) >= 11 is 6.02. The Labute approximate surface area is 130 Å². The fraction of sp³-hybridized carbons (Fsp3) is 0.294. The van der Waals surface area contributed by atoms with Gasteiger partial charge in [-0.2, -0.15) is 0 Å². The van der Waals surface area contributed by atoms with E-state index in [1.807, 2.05) is 37.3 Å². The highest BCUT2D eigenvalue weighted by Crippen LogP contribution is 2.35. The number of hydrogen-bond acceptors (Lipinski definition) is 3. The number of methoxy groups -OCH3 is 1. The Balaban J connectivity index is 2.32. The van der Waals surface area contributed by atoms with Gasteiger partial charge in [-0.15, -0.1) is 0 Å². The van der Waals surface area contributed by atoms with Crippen LogP contribution in [-0.4, -0.2) is 18.8 Å². The molecule has 2 aromatic rings. The highest BCUT2D eigenvalue weighted by molar-refractivity contribution is 6.32. The molecule has 0 radical (unpaired) electrons. The van der Waals surface area contributed by atoms with E-state index < -0.39 is 12.2 Å². The SMILES string of the molecule is CCOC(c1ccccc1)C(O)c1ccc(Cl)c(OC)c1. The summed E-state index contributed by atoms with van der Waals surface area (Å²) in [6.07, 6.45) is -1.22. The molecule has 0 amide bonds. The lowest BCUT2D eigenvalue weighted by molar-refractivity contribution is -0.0362. The van der Waals surface area contributed by atoms with Crippen LogP contribution in [0.25, 0.3) is 0 Å². The van der Waals surface area contributed by atoms with Crippen LogP contribution in [0.3, 0.4) is 0 Å². The summed E-state index contributed by atoms with van der Waals surface area (Å²) < 4.78 is 10.9. The van der Waals surface area contributed by atoms with E-state index in [1.165, 1.54) is 0 Å². The molecule has 0 aromatic heterocycles. The molecule has 0 aliphatic heterocycles. The van der Waals surface area contributed by atoms with Gasteiger partial charge in [0.2, 0.25) is 0 Å². The Kier molecular flexibility index (Phi) is 5.62. The van der Waals surface area contributed by atoms with Crippen molar-refractivity contribution < 1.29 is 14.6 Å². The van der Waals surface area contributed by atoms with E-state index in [1.54, 1.807) is 25.3 Å². The zero-order chi connectivity index (χ0) is 15.2. The first-order valence-electron chi connectivity index (χ1n) is 6.85. The maximum atomic E-state index is 10.7. The monoisotopic (exact) mass is 306 g/mol. The summed E-state index contributed by atoms with van der Waals surface area (Å²) in [5.74, 6) is 0.538. The van der Waals surface area contributed by atoms with E-state index in [-0.39, 0.29) is 0 Å². The van der Waals surface area contributed by atoms with Gasteiger partial charge >= 0.3 is 0 Å². The predicted molar refractivity (Wildman–Crippen MR) is 83.8 cm³/mol. The number of aliphatic hydroxyl groups is 1. The van der Waals surface area contributed by atoms with Crippen molar-refractivity contribution >= 4 is 11.6 Å². The Morgan fingerprint density at radius 2 is 1.81 bits per heavy atom. The molecule has 3 nitrogen and oxygen atoms in total. The van der Waals surface area contributed by atoms with Crippen LogP contribution in [0.15, 0.2) is 48.5 Å².